The molecule has 0 aliphatic heterocycles. The summed E-state index contributed by atoms with van der Waals surface area (Å²) in [5.41, 5.74) is 2.79. The molecule has 1 aliphatic rings. The molecule has 1 aliphatic carbocycles. The van der Waals surface area contributed by atoms with E-state index in [0.29, 0.717) is 29.0 Å². The van der Waals surface area contributed by atoms with Gasteiger partial charge in [-0.1, -0.05) is 11.6 Å². The van der Waals surface area contributed by atoms with E-state index in [9.17, 15) is 4.79 Å². The first-order valence-corrected chi connectivity index (χ1v) is 6.60. The minimum Gasteiger partial charge on any atom is -0.351 e. The second-order valence-electron chi connectivity index (χ2n) is 4.67. The predicted molar refractivity (Wildman–Crippen MR) is 75.0 cm³/mol. The predicted octanol–water partition coefficient (Wildman–Crippen LogP) is 0.845. The van der Waals surface area contributed by atoms with Gasteiger partial charge in [-0.2, -0.15) is 0 Å². The molecule has 19 heavy (non-hydrogen) atoms. The lowest BCUT2D eigenvalue weighted by atomic mass is 10.2. The average Bonchev–Trinajstić information content (AvgIpc) is 3.22. The Labute approximate surface area is 117 Å². The van der Waals surface area contributed by atoms with Crippen molar-refractivity contribution in [1.82, 2.24) is 15.2 Å². The number of anilines is 1. The number of aromatic nitrogens is 1. The lowest BCUT2D eigenvalue weighted by molar-refractivity contribution is 0.0949. The Balaban J connectivity index is 1.83. The van der Waals surface area contributed by atoms with Crippen LogP contribution in [-0.4, -0.2) is 42.0 Å². The molecule has 0 atom stereocenters. The molecule has 0 aromatic carbocycles. The Morgan fingerprint density at radius 2 is 2.37 bits per heavy atom. The van der Waals surface area contributed by atoms with E-state index in [4.69, 9.17) is 17.4 Å². The Bertz CT molecular complexity index is 463. The molecular weight excluding hydrogens is 266 g/mol. The maximum absolute atomic E-state index is 11.9. The number of nitrogens with two attached hydrogens (primary N) is 1. The van der Waals surface area contributed by atoms with Crippen molar-refractivity contribution in [1.29, 1.82) is 0 Å². The van der Waals surface area contributed by atoms with Gasteiger partial charge in [0.1, 0.15) is 0 Å². The first-order valence-electron chi connectivity index (χ1n) is 6.22. The first kappa shape index (κ1) is 14.0. The SMILES string of the molecule is CN(CCNC(=O)c1cnc(NN)c(Cl)c1)C1CC1. The Morgan fingerprint density at radius 3 is 2.95 bits per heavy atom. The summed E-state index contributed by atoms with van der Waals surface area (Å²) in [4.78, 5) is 18.1. The van der Waals surface area contributed by atoms with Crippen LogP contribution in [0.2, 0.25) is 5.02 Å². The number of carbonyl (C=O) groups excluding carboxylic acids is 1. The number of halogens is 1. The monoisotopic (exact) mass is 283 g/mol. The van der Waals surface area contributed by atoms with Crippen LogP contribution in [0.3, 0.4) is 0 Å². The van der Waals surface area contributed by atoms with E-state index in [1.165, 1.54) is 19.0 Å². The molecule has 1 aromatic rings. The van der Waals surface area contributed by atoms with Crippen LogP contribution in [0.1, 0.15) is 23.2 Å². The smallest absolute Gasteiger partial charge is 0.252 e. The molecule has 7 heteroatoms. The highest BCUT2D eigenvalue weighted by molar-refractivity contribution is 6.33. The van der Waals surface area contributed by atoms with Crippen LogP contribution in [0.25, 0.3) is 0 Å². The third-order valence-corrected chi connectivity index (χ3v) is 3.45. The Hall–Kier alpha value is -1.37. The molecule has 1 saturated carbocycles. The number of hydrogen-bond acceptors (Lipinski definition) is 5. The summed E-state index contributed by atoms with van der Waals surface area (Å²) in [5.74, 6) is 5.40. The maximum atomic E-state index is 11.9. The van der Waals surface area contributed by atoms with Crippen molar-refractivity contribution in [2.45, 2.75) is 18.9 Å². The lowest BCUT2D eigenvalue weighted by Crippen LogP contribution is -2.34. The number of pyridine rings is 1. The number of rotatable bonds is 6. The van der Waals surface area contributed by atoms with Crippen LogP contribution in [0.4, 0.5) is 5.82 Å². The van der Waals surface area contributed by atoms with Crippen molar-refractivity contribution < 1.29 is 4.79 Å². The Morgan fingerprint density at radius 1 is 1.63 bits per heavy atom. The van der Waals surface area contributed by atoms with Gasteiger partial charge in [-0.05, 0) is 26.0 Å². The Kier molecular flexibility index (Phi) is 4.57. The van der Waals surface area contributed by atoms with Gasteiger partial charge in [-0.25, -0.2) is 10.8 Å². The van der Waals surface area contributed by atoms with Gasteiger partial charge in [-0.15, -0.1) is 0 Å². The van der Waals surface area contributed by atoms with Crippen molar-refractivity contribution in [2.24, 2.45) is 5.84 Å². The summed E-state index contributed by atoms with van der Waals surface area (Å²) in [6, 6.07) is 2.24. The number of nitrogen functional groups attached to an aromatic ring is 1. The van der Waals surface area contributed by atoms with Gasteiger partial charge >= 0.3 is 0 Å². The van der Waals surface area contributed by atoms with Crippen LogP contribution in [-0.2, 0) is 0 Å². The zero-order valence-corrected chi connectivity index (χ0v) is 11.6. The van der Waals surface area contributed by atoms with E-state index in [-0.39, 0.29) is 5.91 Å². The van der Waals surface area contributed by atoms with Gasteiger partial charge in [0.25, 0.3) is 5.91 Å². The molecular formula is C12H18ClN5O. The first-order chi connectivity index (χ1) is 9.11. The second-order valence-corrected chi connectivity index (χ2v) is 5.07. The molecule has 2 rings (SSSR count). The van der Waals surface area contributed by atoms with E-state index in [1.807, 2.05) is 0 Å². The number of hydrogen-bond donors (Lipinski definition) is 3. The number of carbonyl (C=O) groups is 1. The molecule has 0 saturated heterocycles. The minimum absolute atomic E-state index is 0.179. The lowest BCUT2D eigenvalue weighted by Gasteiger charge is -2.15. The van der Waals surface area contributed by atoms with Crippen LogP contribution in [0, 0.1) is 0 Å². The maximum Gasteiger partial charge on any atom is 0.252 e. The van der Waals surface area contributed by atoms with Gasteiger partial charge in [-0.3, -0.25) is 4.79 Å². The van der Waals surface area contributed by atoms with Gasteiger partial charge < -0.3 is 15.6 Å². The average molecular weight is 284 g/mol. The fourth-order valence-corrected chi connectivity index (χ4v) is 2.03. The number of nitrogens with zero attached hydrogens (tertiary/aromatic N) is 2. The molecule has 1 fully saturated rings. The fraction of sp³-hybridized carbons (Fsp3) is 0.500. The third-order valence-electron chi connectivity index (χ3n) is 3.16. The molecule has 0 unspecified atom stereocenters. The molecule has 1 aromatic heterocycles. The standard InChI is InChI=1S/C12H18ClN5O/c1-18(9-2-3-9)5-4-15-12(19)8-6-10(13)11(17-14)16-7-8/h6-7,9H,2-5,14H2,1H3,(H,15,19)(H,16,17). The van der Waals surface area contributed by atoms with Gasteiger partial charge in [0, 0.05) is 25.3 Å². The highest BCUT2D eigenvalue weighted by Crippen LogP contribution is 2.24. The van der Waals surface area contributed by atoms with E-state index >= 15 is 0 Å². The van der Waals surface area contributed by atoms with Gasteiger partial charge in [0.05, 0.1) is 10.6 Å². The largest absolute Gasteiger partial charge is 0.351 e. The molecule has 0 bridgehead atoms. The summed E-state index contributed by atoms with van der Waals surface area (Å²) in [6.45, 7) is 1.46. The fourth-order valence-electron chi connectivity index (χ4n) is 1.81. The van der Waals surface area contributed by atoms with E-state index < -0.39 is 0 Å². The summed E-state index contributed by atoms with van der Waals surface area (Å²) in [6.07, 6.45) is 3.97. The van der Waals surface area contributed by atoms with Crippen LogP contribution >= 0.6 is 11.6 Å². The van der Waals surface area contributed by atoms with E-state index in [1.54, 1.807) is 6.07 Å². The van der Waals surface area contributed by atoms with Crippen molar-refractivity contribution in [2.75, 3.05) is 25.6 Å². The normalized spacial score (nSPS) is 14.5. The van der Waals surface area contributed by atoms with Crippen LogP contribution in [0.15, 0.2) is 12.3 Å². The minimum atomic E-state index is -0.179. The molecule has 104 valence electrons. The highest BCUT2D eigenvalue weighted by atomic mass is 35.5. The number of amides is 1. The molecule has 0 spiro atoms. The number of likely N-dealkylation sites (N-methyl/N-ethyl adjacent to an activating group) is 1. The summed E-state index contributed by atoms with van der Waals surface area (Å²) < 4.78 is 0. The highest BCUT2D eigenvalue weighted by Gasteiger charge is 2.25. The molecule has 4 N–H and O–H groups in total. The number of hydrazine groups is 1. The molecule has 1 amide bonds. The topological polar surface area (TPSA) is 83.3 Å². The molecule has 0 radical (unpaired) electrons. The van der Waals surface area contributed by atoms with E-state index in [0.717, 1.165) is 6.54 Å². The van der Waals surface area contributed by atoms with Crippen molar-refractivity contribution in [3.8, 4) is 0 Å². The quantitative estimate of drug-likeness (QED) is 0.532. The number of nitrogens with one attached hydrogen (secondary N) is 2. The second kappa shape index (κ2) is 6.18. The van der Waals surface area contributed by atoms with Crippen molar-refractivity contribution in [3.63, 3.8) is 0 Å². The summed E-state index contributed by atoms with van der Waals surface area (Å²) in [5, 5.41) is 3.17. The third kappa shape index (κ3) is 3.79. The summed E-state index contributed by atoms with van der Waals surface area (Å²) >= 11 is 5.91. The van der Waals surface area contributed by atoms with Crippen molar-refractivity contribution in [3.05, 3.63) is 22.8 Å². The zero-order chi connectivity index (χ0) is 13.8. The van der Waals surface area contributed by atoms with Crippen LogP contribution in [0.5, 0.6) is 0 Å². The van der Waals surface area contributed by atoms with Crippen molar-refractivity contribution >= 4 is 23.3 Å². The zero-order valence-electron chi connectivity index (χ0n) is 10.8. The van der Waals surface area contributed by atoms with Gasteiger partial charge in [0.15, 0.2) is 5.82 Å². The molecule has 1 heterocycles. The van der Waals surface area contributed by atoms with Gasteiger partial charge in [0.2, 0.25) is 0 Å². The molecule has 6 nitrogen and oxygen atoms in total. The summed E-state index contributed by atoms with van der Waals surface area (Å²) in [7, 11) is 2.07. The van der Waals surface area contributed by atoms with Crippen LogP contribution < -0.4 is 16.6 Å². The van der Waals surface area contributed by atoms with E-state index in [2.05, 4.69) is 27.7 Å².